The summed E-state index contributed by atoms with van der Waals surface area (Å²) in [5, 5.41) is 16.9. The summed E-state index contributed by atoms with van der Waals surface area (Å²) < 4.78 is 0. The van der Waals surface area contributed by atoms with Gasteiger partial charge in [-0.05, 0) is 5.56 Å². The maximum absolute atomic E-state index is 7.13. The van der Waals surface area contributed by atoms with E-state index in [0.717, 1.165) is 0 Å². The monoisotopic (exact) mass is 281 g/mol. The predicted molar refractivity (Wildman–Crippen MR) is 60.3 cm³/mol. The van der Waals surface area contributed by atoms with Gasteiger partial charge in [0, 0.05) is 6.54 Å². The zero-order chi connectivity index (χ0) is 11.2. The molecule has 0 aliphatic carbocycles. The van der Waals surface area contributed by atoms with Crippen molar-refractivity contribution in [2.24, 2.45) is 5.73 Å². The molecule has 0 amide bonds. The number of hydrogen-bond acceptors (Lipinski definition) is 5. The fourth-order valence-electron chi connectivity index (χ4n) is 0.614. The molecule has 1 aromatic rings. The SMILES string of the molecule is N#C[S-].N#C[S-].NCc1ccccc1.[Ni+2]. The molecule has 6 heteroatoms. The Labute approximate surface area is 111 Å². The summed E-state index contributed by atoms with van der Waals surface area (Å²) in [6, 6.07) is 9.99. The Bertz CT molecular complexity index is 280. The van der Waals surface area contributed by atoms with Gasteiger partial charge in [0.25, 0.3) is 0 Å². The Balaban J connectivity index is -0.000000177. The van der Waals surface area contributed by atoms with Gasteiger partial charge in [0.15, 0.2) is 0 Å². The fraction of sp³-hybridized carbons (Fsp3) is 0.111. The first-order valence-electron chi connectivity index (χ1n) is 3.53. The van der Waals surface area contributed by atoms with Crippen molar-refractivity contribution in [2.45, 2.75) is 6.54 Å². The van der Waals surface area contributed by atoms with Crippen LogP contribution in [0.25, 0.3) is 0 Å². The first kappa shape index (κ1) is 19.6. The molecule has 1 rings (SSSR count). The molecule has 0 aromatic heterocycles. The second-order valence-corrected chi connectivity index (χ2v) is 2.24. The van der Waals surface area contributed by atoms with Gasteiger partial charge >= 0.3 is 16.5 Å². The van der Waals surface area contributed by atoms with Crippen molar-refractivity contribution in [1.29, 1.82) is 10.5 Å². The van der Waals surface area contributed by atoms with Crippen LogP contribution in [0, 0.1) is 21.3 Å². The van der Waals surface area contributed by atoms with Crippen LogP contribution in [0.1, 0.15) is 5.56 Å². The minimum absolute atomic E-state index is 0. The van der Waals surface area contributed by atoms with Crippen molar-refractivity contribution in [3.63, 3.8) is 0 Å². The van der Waals surface area contributed by atoms with Gasteiger partial charge in [-0.2, -0.15) is 0 Å². The van der Waals surface area contributed by atoms with Gasteiger partial charge in [-0.25, -0.2) is 10.5 Å². The molecule has 0 saturated heterocycles. The number of nitriles is 2. The molecule has 0 fully saturated rings. The second-order valence-electron chi connectivity index (χ2n) is 1.87. The number of thiocyanates is 2. The molecule has 15 heavy (non-hydrogen) atoms. The van der Waals surface area contributed by atoms with Gasteiger partial charge < -0.3 is 31.0 Å². The summed E-state index contributed by atoms with van der Waals surface area (Å²) in [4.78, 5) is 0. The molecule has 82 valence electrons. The van der Waals surface area contributed by atoms with Crippen molar-refractivity contribution in [1.82, 2.24) is 0 Å². The normalized spacial score (nSPS) is 5.80. The quantitative estimate of drug-likeness (QED) is 0.475. The van der Waals surface area contributed by atoms with Crippen LogP contribution < -0.4 is 5.73 Å². The summed E-state index contributed by atoms with van der Waals surface area (Å²) in [5.41, 5.74) is 6.54. The van der Waals surface area contributed by atoms with Crippen LogP contribution in [0.4, 0.5) is 0 Å². The molecule has 0 heterocycles. The van der Waals surface area contributed by atoms with Crippen LogP contribution >= 0.6 is 0 Å². The zero-order valence-corrected chi connectivity index (χ0v) is 10.3. The Morgan fingerprint density at radius 3 is 1.60 bits per heavy atom. The maximum Gasteiger partial charge on any atom is 2.00 e. The molecule has 0 bridgehead atoms. The van der Waals surface area contributed by atoms with E-state index >= 15 is 0 Å². The minimum Gasteiger partial charge on any atom is -0.696 e. The van der Waals surface area contributed by atoms with E-state index in [-0.39, 0.29) is 16.5 Å². The molecule has 0 unspecified atom stereocenters. The van der Waals surface area contributed by atoms with Crippen molar-refractivity contribution in [3.05, 3.63) is 35.9 Å². The molecule has 2 N–H and O–H groups in total. The van der Waals surface area contributed by atoms with E-state index in [9.17, 15) is 0 Å². The average Bonchev–Trinajstić information content (AvgIpc) is 2.21. The fourth-order valence-corrected chi connectivity index (χ4v) is 0.614. The third-order valence-corrected chi connectivity index (χ3v) is 1.08. The molecule has 0 aliphatic rings. The molecular weight excluding hydrogens is 273 g/mol. The van der Waals surface area contributed by atoms with E-state index in [1.54, 1.807) is 0 Å². The second kappa shape index (κ2) is 18.8. The van der Waals surface area contributed by atoms with E-state index in [4.69, 9.17) is 16.3 Å². The number of benzene rings is 1. The zero-order valence-electron chi connectivity index (χ0n) is 7.70. The number of nitrogens with zero attached hydrogens (tertiary/aromatic N) is 2. The van der Waals surface area contributed by atoms with E-state index < -0.39 is 0 Å². The Morgan fingerprint density at radius 1 is 1.07 bits per heavy atom. The number of rotatable bonds is 1. The minimum atomic E-state index is 0. The summed E-state index contributed by atoms with van der Waals surface area (Å²) in [5.74, 6) is 0. The van der Waals surface area contributed by atoms with Crippen LogP contribution in [0.15, 0.2) is 30.3 Å². The van der Waals surface area contributed by atoms with Gasteiger partial charge in [0.05, 0.1) is 0 Å². The Hall–Kier alpha value is -0.906. The van der Waals surface area contributed by atoms with Crippen LogP contribution in [0.3, 0.4) is 0 Å². The Morgan fingerprint density at radius 2 is 1.40 bits per heavy atom. The van der Waals surface area contributed by atoms with Gasteiger partial charge in [-0.1, -0.05) is 41.1 Å². The van der Waals surface area contributed by atoms with E-state index in [1.807, 2.05) is 30.3 Å². The van der Waals surface area contributed by atoms with Crippen LogP contribution in [-0.4, -0.2) is 0 Å². The third-order valence-electron chi connectivity index (χ3n) is 1.08. The van der Waals surface area contributed by atoms with Crippen molar-refractivity contribution >= 4 is 25.3 Å². The maximum atomic E-state index is 7.13. The van der Waals surface area contributed by atoms with Crippen molar-refractivity contribution in [2.75, 3.05) is 0 Å². The van der Waals surface area contributed by atoms with Crippen molar-refractivity contribution < 1.29 is 16.5 Å². The van der Waals surface area contributed by atoms with Gasteiger partial charge in [-0.3, -0.25) is 0 Å². The van der Waals surface area contributed by atoms with Crippen LogP contribution in [0.5, 0.6) is 0 Å². The van der Waals surface area contributed by atoms with Crippen LogP contribution in [0.2, 0.25) is 0 Å². The van der Waals surface area contributed by atoms with Gasteiger partial charge in [-0.15, -0.1) is 0 Å². The molecule has 1 aromatic carbocycles. The van der Waals surface area contributed by atoms with E-state index in [0.29, 0.717) is 6.54 Å². The molecule has 0 spiro atoms. The molecule has 0 aliphatic heterocycles. The molecular formula is C9H9N3NiS2. The molecule has 0 atom stereocenters. The third kappa shape index (κ3) is 19.5. The summed E-state index contributed by atoms with van der Waals surface area (Å²) in [6.45, 7) is 0.640. The average molecular weight is 282 g/mol. The Kier molecular flexibility index (Phi) is 24.6. The van der Waals surface area contributed by atoms with Gasteiger partial charge in [0.1, 0.15) is 0 Å². The summed E-state index contributed by atoms with van der Waals surface area (Å²) in [7, 11) is 0. The smallest absolute Gasteiger partial charge is 0.696 e. The standard InChI is InChI=1S/C7H9N.2CHNS.Ni/c8-6-7-4-2-1-3-5-7;2*2-1-3;/h1-5H,6,8H2;2*3H;/q;;;+2/p-2. The number of hydrogen-bond donors (Lipinski definition) is 1. The largest absolute Gasteiger partial charge is 2.00 e. The summed E-state index contributed by atoms with van der Waals surface area (Å²) in [6.07, 6.45) is 0. The first-order valence-corrected chi connectivity index (χ1v) is 4.34. The first-order chi connectivity index (χ1) is 6.76. The van der Waals surface area contributed by atoms with Gasteiger partial charge in [0.2, 0.25) is 0 Å². The summed E-state index contributed by atoms with van der Waals surface area (Å²) >= 11 is 7.40. The number of nitrogens with two attached hydrogens (primary N) is 1. The van der Waals surface area contributed by atoms with E-state index in [2.05, 4.69) is 25.3 Å². The van der Waals surface area contributed by atoms with E-state index in [1.165, 1.54) is 16.4 Å². The molecule has 3 nitrogen and oxygen atoms in total. The topological polar surface area (TPSA) is 73.6 Å². The molecule has 0 saturated carbocycles. The predicted octanol–water partition coefficient (Wildman–Crippen LogP) is 1.17. The molecule has 0 radical (unpaired) electrons. The van der Waals surface area contributed by atoms with Crippen molar-refractivity contribution in [3.8, 4) is 10.8 Å². The van der Waals surface area contributed by atoms with Crippen LogP contribution in [-0.2, 0) is 48.3 Å².